The van der Waals surface area contributed by atoms with E-state index < -0.39 is 0 Å². The Morgan fingerprint density at radius 2 is 2.00 bits per heavy atom. The molecule has 1 rings (SSSR count). The Morgan fingerprint density at radius 3 is 2.64 bits per heavy atom. The lowest BCUT2D eigenvalue weighted by atomic mass is 10.1. The lowest BCUT2D eigenvalue weighted by Crippen LogP contribution is -2.35. The van der Waals surface area contributed by atoms with E-state index in [4.69, 9.17) is 5.73 Å². The number of rotatable bonds is 5. The largest absolute Gasteiger partial charge is 0.355 e. The minimum absolute atomic E-state index is 0.0522. The number of amides is 1. The van der Waals surface area contributed by atoms with Gasteiger partial charge < -0.3 is 16.0 Å². The monoisotopic (exact) mass is 199 g/mol. The summed E-state index contributed by atoms with van der Waals surface area (Å²) in [7, 11) is 0. The Morgan fingerprint density at radius 1 is 1.29 bits per heavy atom. The zero-order valence-electron chi connectivity index (χ0n) is 8.80. The van der Waals surface area contributed by atoms with E-state index in [1.165, 1.54) is 32.4 Å². The Balaban J connectivity index is 1.94. The molecule has 1 aliphatic rings. The van der Waals surface area contributed by atoms with Gasteiger partial charge in [0.25, 0.3) is 0 Å². The minimum atomic E-state index is -0.0522. The zero-order valence-corrected chi connectivity index (χ0v) is 8.80. The SMILES string of the molecule is NCC(=O)NCCCN1CCCCC1. The Kier molecular flexibility index (Phi) is 5.56. The summed E-state index contributed by atoms with van der Waals surface area (Å²) in [5.74, 6) is -0.0522. The van der Waals surface area contributed by atoms with E-state index in [2.05, 4.69) is 10.2 Å². The van der Waals surface area contributed by atoms with E-state index in [1.54, 1.807) is 0 Å². The Labute approximate surface area is 85.8 Å². The maximum atomic E-state index is 10.8. The minimum Gasteiger partial charge on any atom is -0.355 e. The van der Waals surface area contributed by atoms with Crippen LogP contribution in [0.1, 0.15) is 25.7 Å². The molecule has 4 heteroatoms. The summed E-state index contributed by atoms with van der Waals surface area (Å²) in [6, 6.07) is 0. The molecule has 1 amide bonds. The quantitative estimate of drug-likeness (QED) is 0.610. The van der Waals surface area contributed by atoms with Crippen LogP contribution in [-0.2, 0) is 4.79 Å². The van der Waals surface area contributed by atoms with E-state index in [-0.39, 0.29) is 12.5 Å². The van der Waals surface area contributed by atoms with Gasteiger partial charge in [0.2, 0.25) is 5.91 Å². The molecule has 0 aromatic rings. The van der Waals surface area contributed by atoms with Crippen LogP contribution in [0.25, 0.3) is 0 Å². The van der Waals surface area contributed by atoms with Gasteiger partial charge in [0.1, 0.15) is 0 Å². The van der Waals surface area contributed by atoms with Crippen molar-refractivity contribution in [1.82, 2.24) is 10.2 Å². The van der Waals surface area contributed by atoms with Gasteiger partial charge >= 0.3 is 0 Å². The van der Waals surface area contributed by atoms with Gasteiger partial charge in [-0.3, -0.25) is 4.79 Å². The smallest absolute Gasteiger partial charge is 0.233 e. The summed E-state index contributed by atoms with van der Waals surface area (Å²) >= 11 is 0. The molecule has 1 saturated heterocycles. The van der Waals surface area contributed by atoms with Gasteiger partial charge in [-0.05, 0) is 38.9 Å². The van der Waals surface area contributed by atoms with Gasteiger partial charge in [-0.25, -0.2) is 0 Å². The molecule has 3 N–H and O–H groups in total. The highest BCUT2D eigenvalue weighted by molar-refractivity contribution is 5.77. The molecular formula is C10H21N3O. The van der Waals surface area contributed by atoms with Crippen LogP contribution in [0, 0.1) is 0 Å². The summed E-state index contributed by atoms with van der Waals surface area (Å²) < 4.78 is 0. The molecule has 0 aromatic carbocycles. The van der Waals surface area contributed by atoms with Crippen molar-refractivity contribution in [3.63, 3.8) is 0 Å². The molecule has 0 saturated carbocycles. The average Bonchev–Trinajstić information content (AvgIpc) is 2.25. The third kappa shape index (κ3) is 4.58. The fraction of sp³-hybridized carbons (Fsp3) is 0.900. The van der Waals surface area contributed by atoms with Crippen LogP contribution in [0.15, 0.2) is 0 Å². The topological polar surface area (TPSA) is 58.4 Å². The van der Waals surface area contributed by atoms with Crippen LogP contribution < -0.4 is 11.1 Å². The first-order chi connectivity index (χ1) is 6.83. The number of nitrogens with one attached hydrogen (secondary N) is 1. The molecule has 0 aromatic heterocycles. The lowest BCUT2D eigenvalue weighted by molar-refractivity contribution is -0.119. The van der Waals surface area contributed by atoms with Gasteiger partial charge in [0.05, 0.1) is 6.54 Å². The third-order valence-corrected chi connectivity index (χ3v) is 2.61. The molecule has 82 valence electrons. The molecule has 14 heavy (non-hydrogen) atoms. The molecule has 0 atom stereocenters. The van der Waals surface area contributed by atoms with Crippen molar-refractivity contribution < 1.29 is 4.79 Å². The summed E-state index contributed by atoms with van der Waals surface area (Å²) in [5.41, 5.74) is 5.17. The number of piperidine rings is 1. The van der Waals surface area contributed by atoms with E-state index in [0.717, 1.165) is 19.5 Å². The molecule has 4 nitrogen and oxygen atoms in total. The summed E-state index contributed by atoms with van der Waals surface area (Å²) in [5, 5.41) is 2.78. The second kappa shape index (κ2) is 6.79. The van der Waals surface area contributed by atoms with Crippen molar-refractivity contribution >= 4 is 5.91 Å². The average molecular weight is 199 g/mol. The first-order valence-corrected chi connectivity index (χ1v) is 5.52. The van der Waals surface area contributed by atoms with Crippen molar-refractivity contribution in [2.24, 2.45) is 5.73 Å². The number of hydrogen-bond acceptors (Lipinski definition) is 3. The molecule has 0 unspecified atom stereocenters. The molecule has 0 bridgehead atoms. The summed E-state index contributed by atoms with van der Waals surface area (Å²) in [4.78, 5) is 13.3. The van der Waals surface area contributed by atoms with Gasteiger partial charge in [0, 0.05) is 6.54 Å². The van der Waals surface area contributed by atoms with Crippen molar-refractivity contribution in [1.29, 1.82) is 0 Å². The highest BCUT2D eigenvalue weighted by atomic mass is 16.1. The maximum absolute atomic E-state index is 10.8. The third-order valence-electron chi connectivity index (χ3n) is 2.61. The predicted molar refractivity (Wildman–Crippen MR) is 57.0 cm³/mol. The van der Waals surface area contributed by atoms with Gasteiger partial charge in [-0.1, -0.05) is 6.42 Å². The van der Waals surface area contributed by atoms with E-state index in [9.17, 15) is 4.79 Å². The summed E-state index contributed by atoms with van der Waals surface area (Å²) in [6.07, 6.45) is 5.07. The number of nitrogens with two attached hydrogens (primary N) is 1. The van der Waals surface area contributed by atoms with Crippen LogP contribution >= 0.6 is 0 Å². The molecule has 0 spiro atoms. The highest BCUT2D eigenvalue weighted by Crippen LogP contribution is 2.08. The Bertz CT molecular complexity index is 167. The summed E-state index contributed by atoms with van der Waals surface area (Å²) in [6.45, 7) is 4.41. The fourth-order valence-corrected chi connectivity index (χ4v) is 1.79. The van der Waals surface area contributed by atoms with Crippen molar-refractivity contribution in [2.75, 3.05) is 32.7 Å². The molecule has 0 radical (unpaired) electrons. The van der Waals surface area contributed by atoms with Gasteiger partial charge in [-0.2, -0.15) is 0 Å². The van der Waals surface area contributed by atoms with E-state index in [0.29, 0.717) is 0 Å². The van der Waals surface area contributed by atoms with Crippen LogP contribution in [0.2, 0.25) is 0 Å². The second-order valence-corrected chi connectivity index (χ2v) is 3.81. The van der Waals surface area contributed by atoms with Crippen LogP contribution in [-0.4, -0.2) is 43.5 Å². The second-order valence-electron chi connectivity index (χ2n) is 3.81. The molecule has 1 fully saturated rings. The first kappa shape index (κ1) is 11.5. The molecular weight excluding hydrogens is 178 g/mol. The Hall–Kier alpha value is -0.610. The lowest BCUT2D eigenvalue weighted by Gasteiger charge is -2.26. The van der Waals surface area contributed by atoms with Gasteiger partial charge in [0.15, 0.2) is 0 Å². The fourth-order valence-electron chi connectivity index (χ4n) is 1.79. The van der Waals surface area contributed by atoms with Crippen LogP contribution in [0.5, 0.6) is 0 Å². The first-order valence-electron chi connectivity index (χ1n) is 5.52. The number of hydrogen-bond donors (Lipinski definition) is 2. The maximum Gasteiger partial charge on any atom is 0.233 e. The van der Waals surface area contributed by atoms with Crippen molar-refractivity contribution in [3.8, 4) is 0 Å². The molecule has 1 heterocycles. The molecule has 0 aliphatic carbocycles. The number of likely N-dealkylation sites (tertiary alicyclic amines) is 1. The van der Waals surface area contributed by atoms with Crippen molar-refractivity contribution in [3.05, 3.63) is 0 Å². The van der Waals surface area contributed by atoms with Crippen LogP contribution in [0.3, 0.4) is 0 Å². The van der Waals surface area contributed by atoms with Gasteiger partial charge in [-0.15, -0.1) is 0 Å². The standard InChI is InChI=1S/C10H21N3O/c11-9-10(14)12-5-4-8-13-6-2-1-3-7-13/h1-9,11H2,(H,12,14). The number of nitrogens with zero attached hydrogens (tertiary/aromatic N) is 1. The van der Waals surface area contributed by atoms with Crippen molar-refractivity contribution in [2.45, 2.75) is 25.7 Å². The normalized spacial score (nSPS) is 18.1. The predicted octanol–water partition coefficient (Wildman–Crippen LogP) is -0.0627. The molecule has 1 aliphatic heterocycles. The van der Waals surface area contributed by atoms with Crippen LogP contribution in [0.4, 0.5) is 0 Å². The highest BCUT2D eigenvalue weighted by Gasteiger charge is 2.08. The van der Waals surface area contributed by atoms with E-state index in [1.807, 2.05) is 0 Å². The number of carbonyl (C=O) groups excluding carboxylic acids is 1. The zero-order chi connectivity index (χ0) is 10.2. The number of carbonyl (C=O) groups is 1. The van der Waals surface area contributed by atoms with E-state index >= 15 is 0 Å².